The molecule has 0 heterocycles. The monoisotopic (exact) mass is 168 g/mol. The number of nitrogens with one attached hydrogen (secondary N) is 1. The summed E-state index contributed by atoms with van der Waals surface area (Å²) in [6.45, 7) is 2.84. The van der Waals surface area contributed by atoms with Crippen molar-refractivity contribution in [2.24, 2.45) is 11.1 Å². The fraction of sp³-hybridized carbons (Fsp3) is 0.667. The summed E-state index contributed by atoms with van der Waals surface area (Å²) in [5, 5.41) is 7.28. The van der Waals surface area contributed by atoms with Gasteiger partial charge in [-0.1, -0.05) is 13.3 Å². The summed E-state index contributed by atoms with van der Waals surface area (Å²) in [5.74, 6) is 0.158. The summed E-state index contributed by atoms with van der Waals surface area (Å²) in [4.78, 5) is 0. The molecule has 0 aromatic carbocycles. The van der Waals surface area contributed by atoms with Gasteiger partial charge in [0.05, 0.1) is 6.61 Å². The molecule has 0 radical (unpaired) electrons. The molecule has 0 aromatic heterocycles. The summed E-state index contributed by atoms with van der Waals surface area (Å²) < 4.78 is 5.21. The van der Waals surface area contributed by atoms with Crippen LogP contribution in [0.3, 0.4) is 0 Å². The molecule has 0 unspecified atom stereocenters. The molecule has 12 heavy (non-hydrogen) atoms. The number of hydrogen-bond acceptors (Lipinski definition) is 3. The highest BCUT2D eigenvalue weighted by Crippen LogP contribution is 2.40. The van der Waals surface area contributed by atoms with Crippen molar-refractivity contribution in [3.8, 4) is 0 Å². The van der Waals surface area contributed by atoms with Gasteiger partial charge in [0.1, 0.15) is 0 Å². The molecule has 0 atom stereocenters. The molecule has 0 amide bonds. The average Bonchev–Trinajstić information content (AvgIpc) is 1.98. The van der Waals surface area contributed by atoms with E-state index < -0.39 is 0 Å². The van der Waals surface area contributed by atoms with Crippen LogP contribution in [0, 0.1) is 10.8 Å². The van der Waals surface area contributed by atoms with Crippen LogP contribution in [-0.4, -0.2) is 12.5 Å². The Morgan fingerprint density at radius 2 is 2.33 bits per heavy atom. The predicted octanol–water partition coefficient (Wildman–Crippen LogP) is 1.64. The first kappa shape index (κ1) is 9.10. The molecule has 68 valence electrons. The van der Waals surface area contributed by atoms with Gasteiger partial charge in [-0.2, -0.15) is 0 Å². The molecule has 0 spiro atoms. The zero-order valence-corrected chi connectivity index (χ0v) is 7.47. The van der Waals surface area contributed by atoms with E-state index in [-0.39, 0.29) is 5.90 Å². The minimum atomic E-state index is 0.158. The van der Waals surface area contributed by atoms with E-state index >= 15 is 0 Å². The minimum Gasteiger partial charge on any atom is -0.477 e. The Labute approximate surface area is 73.1 Å². The van der Waals surface area contributed by atoms with Gasteiger partial charge in [-0.15, -0.1) is 0 Å². The van der Waals surface area contributed by atoms with Crippen LogP contribution in [0.2, 0.25) is 0 Å². The lowest BCUT2D eigenvalue weighted by Crippen LogP contribution is -2.31. The van der Waals surface area contributed by atoms with Crippen molar-refractivity contribution in [3.05, 3.63) is 12.3 Å². The van der Waals surface area contributed by atoms with Gasteiger partial charge in [-0.25, -0.2) is 0 Å². The van der Waals surface area contributed by atoms with E-state index in [2.05, 4.69) is 6.92 Å². The van der Waals surface area contributed by atoms with E-state index in [1.54, 1.807) is 0 Å². The van der Waals surface area contributed by atoms with Crippen LogP contribution in [0.5, 0.6) is 0 Å². The van der Waals surface area contributed by atoms with Crippen molar-refractivity contribution in [2.75, 3.05) is 6.61 Å². The second kappa shape index (κ2) is 3.61. The highest BCUT2D eigenvalue weighted by Gasteiger charge is 2.32. The summed E-state index contributed by atoms with van der Waals surface area (Å²) in [7, 11) is 0. The van der Waals surface area contributed by atoms with Crippen LogP contribution in [0.25, 0.3) is 0 Å². The lowest BCUT2D eigenvalue weighted by atomic mass is 9.71. The van der Waals surface area contributed by atoms with Crippen LogP contribution in [0.4, 0.5) is 0 Å². The normalized spacial score (nSPS) is 20.4. The Bertz CT molecular complexity index is 195. The zero-order valence-electron chi connectivity index (χ0n) is 7.47. The molecular formula is C9H16N2O. The van der Waals surface area contributed by atoms with Gasteiger partial charge in [-0.05, 0) is 19.0 Å². The third kappa shape index (κ3) is 2.26. The molecule has 1 rings (SSSR count). The van der Waals surface area contributed by atoms with Gasteiger partial charge in [0.2, 0.25) is 5.90 Å². The fourth-order valence-corrected chi connectivity index (χ4v) is 1.31. The summed E-state index contributed by atoms with van der Waals surface area (Å²) in [6, 6.07) is 0. The predicted molar refractivity (Wildman–Crippen MR) is 49.0 cm³/mol. The van der Waals surface area contributed by atoms with Crippen LogP contribution < -0.4 is 5.73 Å². The topological polar surface area (TPSA) is 59.1 Å². The Balaban J connectivity index is 2.20. The Hall–Kier alpha value is -0.990. The maximum Gasteiger partial charge on any atom is 0.207 e. The standard InChI is InChI=1S/C9H16N2O/c1-9(4-2-5-9)7-12-8(11)3-6-10/h3,6,11H,2,4-5,7,10H2,1H3/b6-3-,11-8?. The zero-order chi connectivity index (χ0) is 9.03. The van der Waals surface area contributed by atoms with Crippen molar-refractivity contribution in [1.82, 2.24) is 0 Å². The number of nitrogens with two attached hydrogens (primary N) is 1. The summed E-state index contributed by atoms with van der Waals surface area (Å²) in [5.41, 5.74) is 5.43. The molecule has 3 heteroatoms. The van der Waals surface area contributed by atoms with E-state index in [0.717, 1.165) is 0 Å². The first-order valence-corrected chi connectivity index (χ1v) is 4.26. The van der Waals surface area contributed by atoms with Crippen molar-refractivity contribution in [1.29, 1.82) is 5.41 Å². The summed E-state index contributed by atoms with van der Waals surface area (Å²) in [6.07, 6.45) is 6.51. The molecular weight excluding hydrogens is 152 g/mol. The van der Waals surface area contributed by atoms with E-state index in [1.165, 1.54) is 31.5 Å². The van der Waals surface area contributed by atoms with Gasteiger partial charge in [0, 0.05) is 11.5 Å². The maximum absolute atomic E-state index is 7.28. The molecule has 0 aliphatic heterocycles. The van der Waals surface area contributed by atoms with Crippen molar-refractivity contribution in [2.45, 2.75) is 26.2 Å². The molecule has 0 aromatic rings. The van der Waals surface area contributed by atoms with E-state index in [9.17, 15) is 0 Å². The first-order valence-electron chi connectivity index (χ1n) is 4.26. The van der Waals surface area contributed by atoms with Crippen molar-refractivity contribution in [3.63, 3.8) is 0 Å². The second-order valence-corrected chi connectivity index (χ2v) is 3.68. The van der Waals surface area contributed by atoms with Gasteiger partial charge in [-0.3, -0.25) is 5.41 Å². The maximum atomic E-state index is 7.28. The van der Waals surface area contributed by atoms with Gasteiger partial charge in [0.25, 0.3) is 0 Å². The molecule has 1 aliphatic carbocycles. The Kier molecular flexibility index (Phi) is 2.74. The molecule has 1 aliphatic rings. The fourth-order valence-electron chi connectivity index (χ4n) is 1.31. The molecule has 0 bridgehead atoms. The van der Waals surface area contributed by atoms with Crippen LogP contribution in [-0.2, 0) is 4.74 Å². The molecule has 1 saturated carbocycles. The summed E-state index contributed by atoms with van der Waals surface area (Å²) >= 11 is 0. The number of rotatable bonds is 3. The van der Waals surface area contributed by atoms with Crippen LogP contribution in [0.15, 0.2) is 12.3 Å². The van der Waals surface area contributed by atoms with Crippen molar-refractivity contribution >= 4 is 5.90 Å². The second-order valence-electron chi connectivity index (χ2n) is 3.68. The third-order valence-corrected chi connectivity index (χ3v) is 2.38. The highest BCUT2D eigenvalue weighted by molar-refractivity contribution is 5.84. The van der Waals surface area contributed by atoms with Crippen LogP contribution >= 0.6 is 0 Å². The highest BCUT2D eigenvalue weighted by atomic mass is 16.5. The van der Waals surface area contributed by atoms with Crippen molar-refractivity contribution < 1.29 is 4.74 Å². The minimum absolute atomic E-state index is 0.158. The number of hydrogen-bond donors (Lipinski definition) is 2. The van der Waals surface area contributed by atoms with Gasteiger partial charge >= 0.3 is 0 Å². The van der Waals surface area contributed by atoms with Gasteiger partial charge < -0.3 is 10.5 Å². The number of ether oxygens (including phenoxy) is 1. The lowest BCUT2D eigenvalue weighted by Gasteiger charge is -2.37. The smallest absolute Gasteiger partial charge is 0.207 e. The molecule has 1 fully saturated rings. The largest absolute Gasteiger partial charge is 0.477 e. The Morgan fingerprint density at radius 3 is 2.75 bits per heavy atom. The molecule has 3 nitrogen and oxygen atoms in total. The first-order chi connectivity index (χ1) is 5.66. The third-order valence-electron chi connectivity index (χ3n) is 2.38. The van der Waals surface area contributed by atoms with E-state index in [1.807, 2.05) is 0 Å². The molecule has 3 N–H and O–H groups in total. The lowest BCUT2D eigenvalue weighted by molar-refractivity contribution is 0.0712. The average molecular weight is 168 g/mol. The van der Waals surface area contributed by atoms with E-state index in [4.69, 9.17) is 15.9 Å². The van der Waals surface area contributed by atoms with E-state index in [0.29, 0.717) is 12.0 Å². The Morgan fingerprint density at radius 1 is 1.67 bits per heavy atom. The SMILES string of the molecule is CC1(COC(=N)/C=C\N)CCC1. The molecule has 0 saturated heterocycles. The quantitative estimate of drug-likeness (QED) is 0.497. The van der Waals surface area contributed by atoms with Gasteiger partial charge in [0.15, 0.2) is 0 Å². The van der Waals surface area contributed by atoms with Crippen LogP contribution in [0.1, 0.15) is 26.2 Å².